The summed E-state index contributed by atoms with van der Waals surface area (Å²) in [5, 5.41) is 30.6. The number of nitrogens with one attached hydrogen (secondary N) is 1. The summed E-state index contributed by atoms with van der Waals surface area (Å²) < 4.78 is 0. The number of anilines is 2. The van der Waals surface area contributed by atoms with Gasteiger partial charge in [0.1, 0.15) is 22.6 Å². The second kappa shape index (κ2) is 7.62. The van der Waals surface area contributed by atoms with Crippen molar-refractivity contribution >= 4 is 29.1 Å². The molecule has 0 amide bonds. The molecule has 1 aromatic carbocycles. The Kier molecular flexibility index (Phi) is 5.22. The third-order valence-corrected chi connectivity index (χ3v) is 4.83. The predicted molar refractivity (Wildman–Crippen MR) is 104 cm³/mol. The highest BCUT2D eigenvalue weighted by Gasteiger charge is 2.29. The molecule has 0 unspecified atom stereocenters. The van der Waals surface area contributed by atoms with Crippen molar-refractivity contribution < 1.29 is 24.7 Å². The Hall–Kier alpha value is -3.89. The average molecular weight is 402 g/mol. The monoisotopic (exact) mass is 402 g/mol. The first-order valence-electron chi connectivity index (χ1n) is 8.78. The predicted octanol–water partition coefficient (Wildman–Crippen LogP) is 1.92. The molecule has 29 heavy (non-hydrogen) atoms. The number of nitrogens with zero attached hydrogens (tertiary/aromatic N) is 2. The molecule has 0 spiro atoms. The lowest BCUT2D eigenvalue weighted by molar-refractivity contribution is -0.384. The van der Waals surface area contributed by atoms with Gasteiger partial charge in [0.2, 0.25) is 0 Å². The quantitative estimate of drug-likeness (QED) is 0.429. The third kappa shape index (κ3) is 3.61. The summed E-state index contributed by atoms with van der Waals surface area (Å²) >= 11 is 0. The molecular formula is C18H18N4O7. The summed E-state index contributed by atoms with van der Waals surface area (Å²) in [6.07, 6.45) is 2.80. The van der Waals surface area contributed by atoms with Gasteiger partial charge in [-0.3, -0.25) is 14.9 Å². The van der Waals surface area contributed by atoms with Crippen molar-refractivity contribution in [3.8, 4) is 11.1 Å². The SMILES string of the molecule is Nc1[nH]c(=O)c(C(=O)O)c(-c2ccc(N3CCCCC3)c([N+](=O)[O-])c2)c1C(=O)O. The molecule has 11 heteroatoms. The van der Waals surface area contributed by atoms with E-state index in [4.69, 9.17) is 5.73 Å². The minimum atomic E-state index is -1.67. The largest absolute Gasteiger partial charge is 0.478 e. The van der Waals surface area contributed by atoms with Crippen molar-refractivity contribution in [3.05, 3.63) is 49.8 Å². The van der Waals surface area contributed by atoms with Gasteiger partial charge in [-0.1, -0.05) is 6.07 Å². The van der Waals surface area contributed by atoms with Crippen LogP contribution in [0.5, 0.6) is 0 Å². The maximum absolute atomic E-state index is 12.1. The van der Waals surface area contributed by atoms with E-state index in [9.17, 15) is 34.7 Å². The van der Waals surface area contributed by atoms with Gasteiger partial charge >= 0.3 is 11.9 Å². The van der Waals surface area contributed by atoms with E-state index in [0.29, 0.717) is 18.8 Å². The van der Waals surface area contributed by atoms with E-state index in [2.05, 4.69) is 0 Å². The van der Waals surface area contributed by atoms with Gasteiger partial charge < -0.3 is 25.8 Å². The molecule has 1 aliphatic rings. The summed E-state index contributed by atoms with van der Waals surface area (Å²) in [6, 6.07) is 3.88. The van der Waals surface area contributed by atoms with E-state index >= 15 is 0 Å². The number of H-pyrrole nitrogens is 1. The minimum absolute atomic E-state index is 0.0925. The highest BCUT2D eigenvalue weighted by atomic mass is 16.6. The zero-order valence-electron chi connectivity index (χ0n) is 15.2. The van der Waals surface area contributed by atoms with Crippen molar-refractivity contribution in [1.29, 1.82) is 0 Å². The standard InChI is InChI=1S/C18H18N4O7/c19-15-13(17(24)25)12(14(18(26)27)16(23)20-15)9-4-5-10(11(8-9)22(28)29)21-6-2-1-3-7-21/h4-5,8H,1-3,6-7H2,(H,24,25)(H,26,27)(H3,19,20,23). The fourth-order valence-electron chi connectivity index (χ4n) is 3.56. The maximum atomic E-state index is 12.1. The van der Waals surface area contributed by atoms with Crippen molar-refractivity contribution in [1.82, 2.24) is 4.98 Å². The number of benzene rings is 1. The molecular weight excluding hydrogens is 384 g/mol. The van der Waals surface area contributed by atoms with E-state index in [1.807, 2.05) is 9.88 Å². The molecule has 152 valence electrons. The highest BCUT2D eigenvalue weighted by Crippen LogP contribution is 2.37. The summed E-state index contributed by atoms with van der Waals surface area (Å²) in [5.74, 6) is -3.78. The van der Waals surface area contributed by atoms with Crippen LogP contribution in [0.1, 0.15) is 40.0 Å². The second-order valence-corrected chi connectivity index (χ2v) is 6.61. The number of carboxylic acid groups (broad SMARTS) is 2. The smallest absolute Gasteiger partial charge is 0.342 e. The molecule has 0 bridgehead atoms. The highest BCUT2D eigenvalue weighted by molar-refractivity contribution is 6.07. The molecule has 0 radical (unpaired) electrons. The van der Waals surface area contributed by atoms with Crippen LogP contribution in [0.4, 0.5) is 17.2 Å². The van der Waals surface area contributed by atoms with Gasteiger partial charge in [0, 0.05) is 24.7 Å². The van der Waals surface area contributed by atoms with Crippen LogP contribution in [-0.2, 0) is 0 Å². The Morgan fingerprint density at radius 3 is 2.28 bits per heavy atom. The first kappa shape index (κ1) is 19.9. The van der Waals surface area contributed by atoms with E-state index < -0.39 is 44.9 Å². The number of nitro groups is 1. The molecule has 1 aromatic heterocycles. The van der Waals surface area contributed by atoms with Crippen LogP contribution in [0.15, 0.2) is 23.0 Å². The van der Waals surface area contributed by atoms with Crippen LogP contribution in [0, 0.1) is 10.1 Å². The Labute approximate surface area is 163 Å². The number of nitrogen functional groups attached to an aromatic ring is 1. The molecule has 2 aromatic rings. The number of hydrogen-bond acceptors (Lipinski definition) is 7. The summed E-state index contributed by atoms with van der Waals surface area (Å²) in [7, 11) is 0. The number of rotatable bonds is 5. The Balaban J connectivity index is 2.30. The third-order valence-electron chi connectivity index (χ3n) is 4.83. The Morgan fingerprint density at radius 2 is 1.72 bits per heavy atom. The first-order valence-corrected chi connectivity index (χ1v) is 8.78. The number of aromatic nitrogens is 1. The van der Waals surface area contributed by atoms with Crippen molar-refractivity contribution in [2.45, 2.75) is 19.3 Å². The van der Waals surface area contributed by atoms with E-state index in [1.165, 1.54) is 12.1 Å². The number of aromatic carboxylic acids is 2. The van der Waals surface area contributed by atoms with Crippen molar-refractivity contribution in [2.24, 2.45) is 0 Å². The fraction of sp³-hybridized carbons (Fsp3) is 0.278. The first-order chi connectivity index (χ1) is 13.7. The number of nitrogens with two attached hydrogens (primary N) is 1. The van der Waals surface area contributed by atoms with Gasteiger partial charge in [-0.25, -0.2) is 9.59 Å². The zero-order valence-corrected chi connectivity index (χ0v) is 15.2. The van der Waals surface area contributed by atoms with Gasteiger partial charge in [0.25, 0.3) is 11.2 Å². The zero-order chi connectivity index (χ0) is 21.3. The molecule has 2 heterocycles. The summed E-state index contributed by atoms with van der Waals surface area (Å²) in [5.41, 5.74) is 2.49. The van der Waals surface area contributed by atoms with Gasteiger partial charge in [-0.2, -0.15) is 0 Å². The number of carbonyl (C=O) groups is 2. The molecule has 3 rings (SSSR count). The molecule has 11 nitrogen and oxygen atoms in total. The van der Waals surface area contributed by atoms with Crippen molar-refractivity contribution in [3.63, 3.8) is 0 Å². The molecule has 0 saturated carbocycles. The summed E-state index contributed by atoms with van der Waals surface area (Å²) in [4.78, 5) is 50.4. The normalized spacial score (nSPS) is 13.9. The number of pyridine rings is 1. The molecule has 0 atom stereocenters. The fourth-order valence-corrected chi connectivity index (χ4v) is 3.56. The number of nitro benzene ring substituents is 1. The molecule has 1 saturated heterocycles. The van der Waals surface area contributed by atoms with E-state index in [1.54, 1.807) is 0 Å². The molecule has 1 fully saturated rings. The van der Waals surface area contributed by atoms with Crippen LogP contribution < -0.4 is 16.2 Å². The van der Waals surface area contributed by atoms with Crippen LogP contribution in [0.3, 0.4) is 0 Å². The van der Waals surface area contributed by atoms with Crippen LogP contribution in [-0.4, -0.2) is 45.1 Å². The average Bonchev–Trinajstić information content (AvgIpc) is 2.66. The van der Waals surface area contributed by atoms with Gasteiger partial charge in [-0.15, -0.1) is 0 Å². The Morgan fingerprint density at radius 1 is 1.10 bits per heavy atom. The van der Waals surface area contributed by atoms with Crippen LogP contribution >= 0.6 is 0 Å². The van der Waals surface area contributed by atoms with Crippen LogP contribution in [0.2, 0.25) is 0 Å². The Bertz CT molecular complexity index is 1070. The number of piperidine rings is 1. The number of hydrogen-bond donors (Lipinski definition) is 4. The van der Waals surface area contributed by atoms with Gasteiger partial charge in [0.15, 0.2) is 0 Å². The topological polar surface area (TPSA) is 180 Å². The van der Waals surface area contributed by atoms with Gasteiger partial charge in [0.05, 0.1) is 4.92 Å². The minimum Gasteiger partial charge on any atom is -0.478 e. The maximum Gasteiger partial charge on any atom is 0.342 e. The lowest BCUT2D eigenvalue weighted by atomic mass is 9.94. The van der Waals surface area contributed by atoms with E-state index in [-0.39, 0.29) is 11.3 Å². The molecule has 5 N–H and O–H groups in total. The second-order valence-electron chi connectivity index (χ2n) is 6.61. The summed E-state index contributed by atoms with van der Waals surface area (Å²) in [6.45, 7) is 1.28. The number of carboxylic acids is 2. The lowest BCUT2D eigenvalue weighted by Gasteiger charge is -2.28. The molecule has 1 aliphatic heterocycles. The lowest BCUT2D eigenvalue weighted by Crippen LogP contribution is -2.30. The van der Waals surface area contributed by atoms with Crippen LogP contribution in [0.25, 0.3) is 11.1 Å². The van der Waals surface area contributed by atoms with Gasteiger partial charge in [-0.05, 0) is 30.9 Å². The molecule has 0 aliphatic carbocycles. The van der Waals surface area contributed by atoms with Crippen molar-refractivity contribution in [2.75, 3.05) is 23.7 Å². The van der Waals surface area contributed by atoms with E-state index in [0.717, 1.165) is 25.3 Å². The number of aromatic amines is 1.